The molecule has 0 aliphatic carbocycles. The van der Waals surface area contributed by atoms with Gasteiger partial charge < -0.3 is 25.0 Å². The lowest BCUT2D eigenvalue weighted by atomic mass is 10.1. The highest BCUT2D eigenvalue weighted by molar-refractivity contribution is 5.63. The van der Waals surface area contributed by atoms with Crippen LogP contribution in [0, 0.1) is 10.1 Å². The minimum atomic E-state index is -1.18. The average Bonchev–Trinajstić information content (AvgIpc) is 3.01. The van der Waals surface area contributed by atoms with Crippen molar-refractivity contribution in [1.29, 1.82) is 0 Å². The molecule has 1 fully saturated rings. The van der Waals surface area contributed by atoms with Gasteiger partial charge in [-0.1, -0.05) is 6.07 Å². The summed E-state index contributed by atoms with van der Waals surface area (Å²) >= 11 is 0. The van der Waals surface area contributed by atoms with Crippen molar-refractivity contribution in [3.05, 3.63) is 33.9 Å². The first-order valence-corrected chi connectivity index (χ1v) is 6.69. The number of nitrogens with zero attached hydrogens (tertiary/aromatic N) is 2. The maximum atomic E-state index is 10.9. The molecule has 1 aromatic rings. The first-order valence-electron chi connectivity index (χ1n) is 6.69. The third-order valence-electron chi connectivity index (χ3n) is 4.04. The van der Waals surface area contributed by atoms with Crippen molar-refractivity contribution >= 4 is 11.4 Å². The fourth-order valence-corrected chi connectivity index (χ4v) is 2.91. The van der Waals surface area contributed by atoms with Crippen molar-refractivity contribution < 1.29 is 25.0 Å². The van der Waals surface area contributed by atoms with Gasteiger partial charge in [-0.15, -0.1) is 0 Å². The fraction of sp³-hybridized carbons (Fsp3) is 0.538. The van der Waals surface area contributed by atoms with Crippen LogP contribution in [0.2, 0.25) is 0 Å². The molecule has 1 aromatic carbocycles. The molecule has 3 N–H and O–H groups in total. The fourth-order valence-electron chi connectivity index (χ4n) is 2.91. The van der Waals surface area contributed by atoms with E-state index in [1.54, 1.807) is 11.0 Å². The number of nitro groups is 1. The molecule has 21 heavy (non-hydrogen) atoms. The summed E-state index contributed by atoms with van der Waals surface area (Å²) in [4.78, 5) is 12.1. The summed E-state index contributed by atoms with van der Waals surface area (Å²) in [6, 6.07) is 4.57. The Bertz CT molecular complexity index is 566. The highest BCUT2D eigenvalue weighted by Crippen LogP contribution is 2.36. The van der Waals surface area contributed by atoms with Crippen LogP contribution in [0.15, 0.2) is 18.2 Å². The van der Waals surface area contributed by atoms with Gasteiger partial charge in [-0.3, -0.25) is 10.1 Å². The third-order valence-corrected chi connectivity index (χ3v) is 4.04. The van der Waals surface area contributed by atoms with Crippen LogP contribution in [0.25, 0.3) is 0 Å². The van der Waals surface area contributed by atoms with Crippen molar-refractivity contribution in [2.75, 3.05) is 18.1 Å². The minimum absolute atomic E-state index is 0.0348. The Balaban J connectivity index is 1.90. The van der Waals surface area contributed by atoms with Gasteiger partial charge in [-0.2, -0.15) is 0 Å². The number of anilines is 1. The van der Waals surface area contributed by atoms with E-state index in [-0.39, 0.29) is 5.69 Å². The molecule has 1 saturated heterocycles. The summed E-state index contributed by atoms with van der Waals surface area (Å²) in [6.07, 6.45) is -3.34. The zero-order valence-electron chi connectivity index (χ0n) is 11.1. The van der Waals surface area contributed by atoms with Gasteiger partial charge in [0.05, 0.1) is 11.5 Å². The van der Waals surface area contributed by atoms with Crippen LogP contribution in [0.4, 0.5) is 11.4 Å². The Morgan fingerprint density at radius 3 is 2.76 bits per heavy atom. The lowest BCUT2D eigenvalue weighted by Gasteiger charge is -2.28. The molecular formula is C13H16N2O6. The monoisotopic (exact) mass is 296 g/mol. The summed E-state index contributed by atoms with van der Waals surface area (Å²) < 4.78 is 5.48. The van der Waals surface area contributed by atoms with E-state index in [0.29, 0.717) is 18.7 Å². The van der Waals surface area contributed by atoms with Gasteiger partial charge in [0, 0.05) is 24.4 Å². The Kier molecular flexibility index (Phi) is 3.54. The van der Waals surface area contributed by atoms with Crippen LogP contribution >= 0.6 is 0 Å². The van der Waals surface area contributed by atoms with E-state index in [2.05, 4.69) is 0 Å². The molecule has 2 aliphatic heterocycles. The number of fused-ring (bicyclic) bond motifs is 1. The Morgan fingerprint density at radius 1 is 1.38 bits per heavy atom. The zero-order valence-corrected chi connectivity index (χ0v) is 11.1. The Labute approximate surface area is 120 Å². The number of aliphatic hydroxyl groups is 3. The summed E-state index contributed by atoms with van der Waals surface area (Å²) in [6.45, 7) is 0.132. The molecule has 0 unspecified atom stereocenters. The van der Waals surface area contributed by atoms with Crippen molar-refractivity contribution in [2.24, 2.45) is 0 Å². The Morgan fingerprint density at radius 2 is 2.14 bits per heavy atom. The van der Waals surface area contributed by atoms with E-state index in [1.807, 2.05) is 0 Å². The normalized spacial score (nSPS) is 31.5. The number of hydrogen-bond acceptors (Lipinski definition) is 7. The van der Waals surface area contributed by atoms with E-state index >= 15 is 0 Å². The number of rotatable bonds is 3. The highest BCUT2D eigenvalue weighted by atomic mass is 16.6. The molecule has 4 atom stereocenters. The molecule has 0 bridgehead atoms. The number of aliphatic hydroxyl groups excluding tert-OH is 3. The van der Waals surface area contributed by atoms with Crippen molar-refractivity contribution in [3.8, 4) is 0 Å². The molecule has 0 saturated carbocycles. The van der Waals surface area contributed by atoms with Crippen LogP contribution in [-0.2, 0) is 11.2 Å². The molecule has 3 rings (SSSR count). The highest BCUT2D eigenvalue weighted by Gasteiger charge is 2.46. The number of nitro benzene ring substituents is 1. The number of benzene rings is 1. The lowest BCUT2D eigenvalue weighted by molar-refractivity contribution is -0.384. The SMILES string of the molecule is O=[N+]([O-])c1ccc2c(c1)N([C@@H]1O[C@H](CO)[C@@H](O)[C@H]1O)CC2. The zero-order chi connectivity index (χ0) is 15.1. The van der Waals surface area contributed by atoms with E-state index in [4.69, 9.17) is 9.84 Å². The molecule has 0 amide bonds. The first-order chi connectivity index (χ1) is 10.0. The van der Waals surface area contributed by atoms with Crippen LogP contribution in [0.3, 0.4) is 0 Å². The van der Waals surface area contributed by atoms with Crippen LogP contribution < -0.4 is 4.90 Å². The summed E-state index contributed by atoms with van der Waals surface area (Å²) in [5.74, 6) is 0. The summed E-state index contributed by atoms with van der Waals surface area (Å²) in [5.41, 5.74) is 1.52. The van der Waals surface area contributed by atoms with Crippen LogP contribution in [-0.4, -0.2) is 57.9 Å². The maximum absolute atomic E-state index is 10.9. The Hall–Kier alpha value is -1.74. The van der Waals surface area contributed by atoms with Gasteiger partial charge in [-0.25, -0.2) is 0 Å². The molecule has 0 spiro atoms. The van der Waals surface area contributed by atoms with Gasteiger partial charge >= 0.3 is 0 Å². The molecule has 2 heterocycles. The molecule has 0 radical (unpaired) electrons. The third kappa shape index (κ3) is 2.26. The van der Waals surface area contributed by atoms with E-state index in [1.165, 1.54) is 12.1 Å². The van der Waals surface area contributed by atoms with Gasteiger partial charge in [0.1, 0.15) is 18.3 Å². The molecule has 114 valence electrons. The second-order valence-corrected chi connectivity index (χ2v) is 5.24. The standard InChI is InChI=1S/C13H16N2O6/c16-6-10-11(17)12(18)13(21-10)14-4-3-7-1-2-8(15(19)20)5-9(7)14/h1-2,5,10-13,16-18H,3-4,6H2/t10-,11-,12-,13-/m1/s1. The number of hydrogen-bond donors (Lipinski definition) is 3. The summed E-state index contributed by atoms with van der Waals surface area (Å²) in [7, 11) is 0. The van der Waals surface area contributed by atoms with E-state index in [0.717, 1.165) is 5.56 Å². The molecule has 8 nitrogen and oxygen atoms in total. The predicted octanol–water partition coefficient (Wildman–Crippen LogP) is -0.604. The quantitative estimate of drug-likeness (QED) is 0.503. The predicted molar refractivity (Wildman–Crippen MR) is 71.9 cm³/mol. The maximum Gasteiger partial charge on any atom is 0.271 e. The largest absolute Gasteiger partial charge is 0.394 e. The van der Waals surface area contributed by atoms with Gasteiger partial charge in [0.25, 0.3) is 5.69 Å². The molecular weight excluding hydrogens is 280 g/mol. The topological polar surface area (TPSA) is 116 Å². The number of ether oxygens (including phenoxy) is 1. The minimum Gasteiger partial charge on any atom is -0.394 e. The smallest absolute Gasteiger partial charge is 0.271 e. The van der Waals surface area contributed by atoms with Crippen molar-refractivity contribution in [1.82, 2.24) is 0 Å². The second kappa shape index (κ2) is 5.23. The molecule has 8 heteroatoms. The first kappa shape index (κ1) is 14.2. The molecule has 2 aliphatic rings. The van der Waals surface area contributed by atoms with Crippen LogP contribution in [0.1, 0.15) is 5.56 Å². The van der Waals surface area contributed by atoms with Gasteiger partial charge in [0.15, 0.2) is 6.23 Å². The number of non-ortho nitro benzene ring substituents is 1. The van der Waals surface area contributed by atoms with Crippen LogP contribution in [0.5, 0.6) is 0 Å². The second-order valence-electron chi connectivity index (χ2n) is 5.24. The van der Waals surface area contributed by atoms with E-state index < -0.39 is 36.1 Å². The lowest BCUT2D eigenvalue weighted by Crippen LogP contribution is -2.43. The van der Waals surface area contributed by atoms with Gasteiger partial charge in [-0.05, 0) is 12.0 Å². The summed E-state index contributed by atoms with van der Waals surface area (Å²) in [5, 5.41) is 39.9. The molecule has 0 aromatic heterocycles. The van der Waals surface area contributed by atoms with Crippen molar-refractivity contribution in [2.45, 2.75) is 31.0 Å². The van der Waals surface area contributed by atoms with E-state index in [9.17, 15) is 20.3 Å². The van der Waals surface area contributed by atoms with Crippen molar-refractivity contribution in [3.63, 3.8) is 0 Å². The van der Waals surface area contributed by atoms with Gasteiger partial charge in [0.2, 0.25) is 0 Å². The average molecular weight is 296 g/mol.